The number of hydrogen-bond acceptors (Lipinski definition) is 5. The fourth-order valence-electron chi connectivity index (χ4n) is 3.77. The Labute approximate surface area is 182 Å². The van der Waals surface area contributed by atoms with Gasteiger partial charge in [-0.15, -0.1) is 0 Å². The van der Waals surface area contributed by atoms with Crippen LogP contribution >= 0.6 is 0 Å². The molecule has 4 rings (SSSR count). The van der Waals surface area contributed by atoms with Gasteiger partial charge >= 0.3 is 6.03 Å². The van der Waals surface area contributed by atoms with Crippen molar-refractivity contribution < 1.29 is 14.1 Å². The molecule has 3 aromatic rings. The van der Waals surface area contributed by atoms with E-state index in [2.05, 4.69) is 28.4 Å². The van der Waals surface area contributed by atoms with Gasteiger partial charge in [0, 0.05) is 24.7 Å². The van der Waals surface area contributed by atoms with Gasteiger partial charge in [0.05, 0.1) is 6.61 Å². The van der Waals surface area contributed by atoms with Crippen LogP contribution in [0.25, 0.3) is 0 Å². The zero-order chi connectivity index (χ0) is 21.5. The van der Waals surface area contributed by atoms with E-state index >= 15 is 0 Å². The number of carbonyl (C=O) groups is 1. The molecule has 0 bridgehead atoms. The van der Waals surface area contributed by atoms with Crippen LogP contribution in [0.15, 0.2) is 59.1 Å². The fraction of sp³-hybridized carbons (Fsp3) is 0.375. The molecule has 1 aliphatic heterocycles. The predicted octanol–water partition coefficient (Wildman–Crippen LogP) is 4.76. The molecular formula is C24H28N4O3. The summed E-state index contributed by atoms with van der Waals surface area (Å²) in [6, 6.07) is 17.8. The summed E-state index contributed by atoms with van der Waals surface area (Å²) in [5.41, 5.74) is 3.12. The number of hydrogen-bond donors (Lipinski definition) is 1. The topological polar surface area (TPSA) is 80.5 Å². The standard InChI is InChI=1S/C24H28N4O3/c1-2-18-10-6-12-21(14-18)25-24(29)28-13-7-11-20(15-28)23-26-22(31-27-23)17-30-16-19-8-4-3-5-9-19/h3-6,8-10,12,14,20H,2,7,11,13,15-17H2,1H3,(H,25,29). The second-order valence-corrected chi connectivity index (χ2v) is 7.79. The second-order valence-electron chi connectivity index (χ2n) is 7.79. The molecule has 1 N–H and O–H groups in total. The molecule has 2 heterocycles. The van der Waals surface area contributed by atoms with Crippen molar-refractivity contribution in [2.24, 2.45) is 0 Å². The van der Waals surface area contributed by atoms with Crippen LogP contribution < -0.4 is 5.32 Å². The summed E-state index contributed by atoms with van der Waals surface area (Å²) < 4.78 is 11.0. The van der Waals surface area contributed by atoms with Crippen molar-refractivity contribution in [3.05, 3.63) is 77.4 Å². The second kappa shape index (κ2) is 10.2. The molecule has 7 heteroatoms. The molecule has 0 spiro atoms. The molecule has 1 fully saturated rings. The van der Waals surface area contributed by atoms with Crippen molar-refractivity contribution in [2.75, 3.05) is 18.4 Å². The molecule has 1 unspecified atom stereocenters. The van der Waals surface area contributed by atoms with Gasteiger partial charge in [0.2, 0.25) is 0 Å². The lowest BCUT2D eigenvalue weighted by Gasteiger charge is -2.31. The van der Waals surface area contributed by atoms with E-state index in [1.165, 1.54) is 5.56 Å². The minimum atomic E-state index is -0.0899. The lowest BCUT2D eigenvalue weighted by Crippen LogP contribution is -2.41. The van der Waals surface area contributed by atoms with Crippen molar-refractivity contribution >= 4 is 11.7 Å². The normalized spacial score (nSPS) is 16.3. The van der Waals surface area contributed by atoms with Crippen LogP contribution in [0.1, 0.15) is 48.5 Å². The molecule has 1 aromatic heterocycles. The number of nitrogens with zero attached hydrogens (tertiary/aromatic N) is 3. The average Bonchev–Trinajstić information content (AvgIpc) is 3.29. The van der Waals surface area contributed by atoms with Gasteiger partial charge in [-0.05, 0) is 42.5 Å². The summed E-state index contributed by atoms with van der Waals surface area (Å²) in [7, 11) is 0. The van der Waals surface area contributed by atoms with E-state index in [-0.39, 0.29) is 18.6 Å². The highest BCUT2D eigenvalue weighted by molar-refractivity contribution is 5.89. The van der Waals surface area contributed by atoms with Gasteiger partial charge in [0.25, 0.3) is 5.89 Å². The Balaban J connectivity index is 1.30. The van der Waals surface area contributed by atoms with E-state index in [0.717, 1.165) is 37.1 Å². The van der Waals surface area contributed by atoms with Gasteiger partial charge < -0.3 is 19.5 Å². The van der Waals surface area contributed by atoms with E-state index in [1.807, 2.05) is 53.4 Å². The number of piperidine rings is 1. The number of urea groups is 1. The maximum Gasteiger partial charge on any atom is 0.321 e. The summed E-state index contributed by atoms with van der Waals surface area (Å²) in [6.07, 6.45) is 2.77. The molecule has 1 atom stereocenters. The smallest absolute Gasteiger partial charge is 0.321 e. The maximum absolute atomic E-state index is 12.8. The molecule has 7 nitrogen and oxygen atoms in total. The monoisotopic (exact) mass is 420 g/mol. The first-order valence-corrected chi connectivity index (χ1v) is 10.8. The lowest BCUT2D eigenvalue weighted by molar-refractivity contribution is 0.0850. The largest absolute Gasteiger partial charge is 0.367 e. The minimum absolute atomic E-state index is 0.0631. The molecule has 0 aliphatic carbocycles. The molecule has 1 saturated heterocycles. The van der Waals surface area contributed by atoms with Crippen molar-refractivity contribution in [1.82, 2.24) is 15.0 Å². The number of ether oxygens (including phenoxy) is 1. The van der Waals surface area contributed by atoms with Crippen LogP contribution in [-0.4, -0.2) is 34.2 Å². The highest BCUT2D eigenvalue weighted by Gasteiger charge is 2.28. The van der Waals surface area contributed by atoms with Gasteiger partial charge in [-0.25, -0.2) is 4.79 Å². The van der Waals surface area contributed by atoms with Crippen LogP contribution in [0.4, 0.5) is 10.5 Å². The van der Waals surface area contributed by atoms with Crippen LogP contribution in [0.2, 0.25) is 0 Å². The number of aryl methyl sites for hydroxylation is 1. The van der Waals surface area contributed by atoms with E-state index in [4.69, 9.17) is 9.26 Å². The molecule has 2 amide bonds. The third-order valence-corrected chi connectivity index (χ3v) is 5.48. The van der Waals surface area contributed by atoms with Crippen LogP contribution in [0.3, 0.4) is 0 Å². The van der Waals surface area contributed by atoms with Crippen molar-refractivity contribution in [3.8, 4) is 0 Å². The maximum atomic E-state index is 12.8. The Bertz CT molecular complexity index is 989. The average molecular weight is 421 g/mol. The molecule has 0 radical (unpaired) electrons. The Morgan fingerprint density at radius 1 is 1.16 bits per heavy atom. The van der Waals surface area contributed by atoms with Crippen molar-refractivity contribution in [3.63, 3.8) is 0 Å². The Morgan fingerprint density at radius 3 is 2.84 bits per heavy atom. The minimum Gasteiger partial charge on any atom is -0.367 e. The number of aromatic nitrogens is 2. The van der Waals surface area contributed by atoms with E-state index in [1.54, 1.807) is 0 Å². The lowest BCUT2D eigenvalue weighted by atomic mass is 9.97. The van der Waals surface area contributed by atoms with Gasteiger partial charge in [0.1, 0.15) is 6.61 Å². The summed E-state index contributed by atoms with van der Waals surface area (Å²) in [6.45, 7) is 4.16. The number of nitrogens with one attached hydrogen (secondary N) is 1. The molecule has 162 valence electrons. The summed E-state index contributed by atoms with van der Waals surface area (Å²) >= 11 is 0. The third-order valence-electron chi connectivity index (χ3n) is 5.48. The number of anilines is 1. The van der Waals surface area contributed by atoms with Crippen molar-refractivity contribution in [2.45, 2.75) is 45.3 Å². The Morgan fingerprint density at radius 2 is 2.00 bits per heavy atom. The predicted molar refractivity (Wildman–Crippen MR) is 118 cm³/mol. The molecule has 1 aliphatic rings. The summed E-state index contributed by atoms with van der Waals surface area (Å²) in [5, 5.41) is 7.15. The Hall–Kier alpha value is -3.19. The van der Waals surface area contributed by atoms with Crippen molar-refractivity contribution in [1.29, 1.82) is 0 Å². The number of amides is 2. The summed E-state index contributed by atoms with van der Waals surface area (Å²) in [5.74, 6) is 1.17. The number of carbonyl (C=O) groups excluding carboxylic acids is 1. The fourth-order valence-corrected chi connectivity index (χ4v) is 3.77. The molecule has 2 aromatic carbocycles. The number of benzene rings is 2. The number of likely N-dealkylation sites (tertiary alicyclic amines) is 1. The third kappa shape index (κ3) is 5.70. The van der Waals surface area contributed by atoms with Crippen LogP contribution in [0.5, 0.6) is 0 Å². The quantitative estimate of drug-likeness (QED) is 0.596. The first-order valence-electron chi connectivity index (χ1n) is 10.8. The molecule has 31 heavy (non-hydrogen) atoms. The van der Waals surface area contributed by atoms with Gasteiger partial charge in [-0.1, -0.05) is 54.5 Å². The first-order chi connectivity index (χ1) is 15.2. The SMILES string of the molecule is CCc1cccc(NC(=O)N2CCCC(c3noc(COCc4ccccc4)n3)C2)c1. The zero-order valence-corrected chi connectivity index (χ0v) is 17.8. The van der Waals surface area contributed by atoms with E-state index < -0.39 is 0 Å². The molecule has 0 saturated carbocycles. The van der Waals surface area contributed by atoms with Gasteiger partial charge in [0.15, 0.2) is 5.82 Å². The highest BCUT2D eigenvalue weighted by atomic mass is 16.5. The first kappa shape index (κ1) is 21.1. The van der Waals surface area contributed by atoms with Gasteiger partial charge in [-0.2, -0.15) is 4.98 Å². The Kier molecular flexibility index (Phi) is 6.94. The van der Waals surface area contributed by atoms with Crippen LogP contribution in [0, 0.1) is 0 Å². The van der Waals surface area contributed by atoms with Gasteiger partial charge in [-0.3, -0.25) is 0 Å². The highest BCUT2D eigenvalue weighted by Crippen LogP contribution is 2.25. The summed E-state index contributed by atoms with van der Waals surface area (Å²) in [4.78, 5) is 19.1. The van der Waals surface area contributed by atoms with E-state index in [9.17, 15) is 4.79 Å². The van der Waals surface area contributed by atoms with E-state index in [0.29, 0.717) is 24.9 Å². The number of rotatable bonds is 7. The van der Waals surface area contributed by atoms with Crippen LogP contribution in [-0.2, 0) is 24.4 Å². The zero-order valence-electron chi connectivity index (χ0n) is 17.8. The molecular weight excluding hydrogens is 392 g/mol.